The van der Waals surface area contributed by atoms with E-state index < -0.39 is 12.1 Å². The van der Waals surface area contributed by atoms with Gasteiger partial charge in [0.15, 0.2) is 0 Å². The fourth-order valence-corrected chi connectivity index (χ4v) is 5.26. The molecule has 0 saturated carbocycles. The van der Waals surface area contributed by atoms with Crippen LogP contribution in [0.3, 0.4) is 0 Å². The van der Waals surface area contributed by atoms with Crippen LogP contribution in [-0.4, -0.2) is 53.4 Å². The van der Waals surface area contributed by atoms with Gasteiger partial charge in [-0.2, -0.15) is 0 Å². The molecular weight excluding hydrogens is 344 g/mol. The molecule has 1 fully saturated rings. The number of aliphatic hydroxyl groups excluding tert-OH is 1. The Balaban J connectivity index is 1.60. The first-order chi connectivity index (χ1) is 13.1. The summed E-state index contributed by atoms with van der Waals surface area (Å²) in [5, 5.41) is 12.7. The van der Waals surface area contributed by atoms with Crippen LogP contribution in [0.15, 0.2) is 36.1 Å². The Kier molecular flexibility index (Phi) is 3.81. The van der Waals surface area contributed by atoms with Crippen molar-refractivity contribution in [3.8, 4) is 0 Å². The molecule has 6 nitrogen and oxygen atoms in total. The zero-order valence-electron chi connectivity index (χ0n) is 15.5. The Bertz CT molecular complexity index is 933. The minimum atomic E-state index is -0.701. The molecule has 142 valence electrons. The fourth-order valence-electron chi connectivity index (χ4n) is 5.26. The number of methoxy groups -OCH3 is 1. The van der Waals surface area contributed by atoms with Gasteiger partial charge in [-0.25, -0.2) is 4.79 Å². The van der Waals surface area contributed by atoms with Gasteiger partial charge >= 0.3 is 5.97 Å². The highest BCUT2D eigenvalue weighted by Gasteiger charge is 2.52. The summed E-state index contributed by atoms with van der Waals surface area (Å²) in [4.78, 5) is 18.2. The molecule has 2 N–H and O–H groups in total. The normalized spacial score (nSPS) is 32.7. The topological polar surface area (TPSA) is 74.8 Å². The number of H-pyrrole nitrogens is 1. The van der Waals surface area contributed by atoms with Gasteiger partial charge in [0.25, 0.3) is 0 Å². The Morgan fingerprint density at radius 1 is 1.37 bits per heavy atom. The molecule has 0 radical (unpaired) electrons. The van der Waals surface area contributed by atoms with Crippen molar-refractivity contribution in [2.75, 3.05) is 20.2 Å². The third kappa shape index (κ3) is 2.36. The molecule has 3 aliphatic rings. The van der Waals surface area contributed by atoms with E-state index in [0.29, 0.717) is 5.57 Å². The number of fused-ring (bicyclic) bond motifs is 6. The number of aromatic amines is 1. The monoisotopic (exact) mass is 368 g/mol. The number of ether oxygens (including phenoxy) is 2. The number of hydrogen-bond acceptors (Lipinski definition) is 5. The highest BCUT2D eigenvalue weighted by Crippen LogP contribution is 2.47. The molecule has 0 amide bonds. The van der Waals surface area contributed by atoms with E-state index >= 15 is 0 Å². The average molecular weight is 368 g/mol. The fraction of sp³-hybridized carbons (Fsp3) is 0.476. The first-order valence-corrected chi connectivity index (χ1v) is 9.55. The third-order valence-corrected chi connectivity index (χ3v) is 6.58. The molecule has 6 heteroatoms. The van der Waals surface area contributed by atoms with Gasteiger partial charge < -0.3 is 19.6 Å². The van der Waals surface area contributed by atoms with Crippen LogP contribution >= 0.6 is 0 Å². The summed E-state index contributed by atoms with van der Waals surface area (Å²) in [6, 6.07) is 8.13. The number of rotatable bonds is 1. The van der Waals surface area contributed by atoms with E-state index in [1.54, 1.807) is 0 Å². The number of aliphatic hydroxyl groups is 1. The summed E-state index contributed by atoms with van der Waals surface area (Å²) in [5.74, 6) is -0.654. The van der Waals surface area contributed by atoms with E-state index in [1.165, 1.54) is 24.3 Å². The van der Waals surface area contributed by atoms with Crippen molar-refractivity contribution in [2.45, 2.75) is 31.6 Å². The van der Waals surface area contributed by atoms with Gasteiger partial charge in [0, 0.05) is 41.5 Å². The van der Waals surface area contributed by atoms with E-state index in [-0.39, 0.29) is 24.0 Å². The van der Waals surface area contributed by atoms with Gasteiger partial charge in [0.2, 0.25) is 0 Å². The van der Waals surface area contributed by atoms with Crippen molar-refractivity contribution in [1.29, 1.82) is 0 Å². The highest BCUT2D eigenvalue weighted by atomic mass is 16.5. The number of para-hydroxylation sites is 1. The SMILES string of the molecule is COC(=O)C1=CO[C@H](C)[C@@H]2CN3CCc4c([nH]c5ccccc45)[C@@H]3[C@@H](O)C12. The predicted molar refractivity (Wildman–Crippen MR) is 99.9 cm³/mol. The van der Waals surface area contributed by atoms with Gasteiger partial charge in [-0.3, -0.25) is 4.90 Å². The largest absolute Gasteiger partial charge is 0.497 e. The number of carbonyl (C=O) groups is 1. The summed E-state index contributed by atoms with van der Waals surface area (Å²) >= 11 is 0. The molecular formula is C21H24N2O4. The van der Waals surface area contributed by atoms with Crippen molar-refractivity contribution in [3.05, 3.63) is 47.4 Å². The molecule has 0 spiro atoms. The number of benzene rings is 1. The predicted octanol–water partition coefficient (Wildman–Crippen LogP) is 2.15. The Morgan fingerprint density at radius 2 is 2.19 bits per heavy atom. The average Bonchev–Trinajstić information content (AvgIpc) is 3.06. The second kappa shape index (κ2) is 6.11. The molecule has 5 atom stereocenters. The number of carbonyl (C=O) groups excluding carboxylic acids is 1. The Labute approximate surface area is 157 Å². The zero-order valence-corrected chi connectivity index (χ0v) is 15.5. The minimum Gasteiger partial charge on any atom is -0.497 e. The number of piperidine rings is 1. The van der Waals surface area contributed by atoms with Crippen molar-refractivity contribution >= 4 is 16.9 Å². The smallest absolute Gasteiger partial charge is 0.337 e. The lowest BCUT2D eigenvalue weighted by Crippen LogP contribution is -2.58. The van der Waals surface area contributed by atoms with E-state index in [9.17, 15) is 9.90 Å². The number of nitrogens with zero attached hydrogens (tertiary/aromatic N) is 1. The molecule has 1 unspecified atom stereocenters. The van der Waals surface area contributed by atoms with Crippen LogP contribution in [0.5, 0.6) is 0 Å². The molecule has 3 aliphatic heterocycles. The maximum absolute atomic E-state index is 12.3. The lowest BCUT2D eigenvalue weighted by Gasteiger charge is -2.51. The van der Waals surface area contributed by atoms with E-state index in [0.717, 1.165) is 30.7 Å². The first-order valence-electron chi connectivity index (χ1n) is 9.55. The molecule has 27 heavy (non-hydrogen) atoms. The van der Waals surface area contributed by atoms with Crippen LogP contribution < -0.4 is 0 Å². The van der Waals surface area contributed by atoms with E-state index in [2.05, 4.69) is 28.1 Å². The second-order valence-electron chi connectivity index (χ2n) is 7.84. The van der Waals surface area contributed by atoms with Gasteiger partial charge in [0.1, 0.15) is 0 Å². The second-order valence-corrected chi connectivity index (χ2v) is 7.84. The summed E-state index contributed by atoms with van der Waals surface area (Å²) < 4.78 is 10.7. The first kappa shape index (κ1) is 16.8. The van der Waals surface area contributed by atoms with Gasteiger partial charge in [-0.1, -0.05) is 18.2 Å². The molecule has 1 aromatic heterocycles. The standard InChI is InChI=1S/C21H24N2O4/c1-11-14-9-23-8-7-13-12-5-3-4-6-16(12)22-18(13)19(23)20(24)17(14)15(10-27-11)21(25)26-2/h3-6,10-11,14,17,19-20,22,24H,7-9H2,1-2H3/t11-,14+,17?,19-,20+/m1/s1. The quantitative estimate of drug-likeness (QED) is 0.755. The molecule has 2 aromatic rings. The van der Waals surface area contributed by atoms with Gasteiger partial charge in [-0.15, -0.1) is 0 Å². The molecule has 1 aromatic carbocycles. The summed E-state index contributed by atoms with van der Waals surface area (Å²) in [6.45, 7) is 3.69. The van der Waals surface area contributed by atoms with Crippen LogP contribution in [0, 0.1) is 11.8 Å². The van der Waals surface area contributed by atoms with Crippen LogP contribution in [0.4, 0.5) is 0 Å². The lowest BCUT2D eigenvalue weighted by molar-refractivity contribution is -0.143. The lowest BCUT2D eigenvalue weighted by atomic mass is 9.70. The van der Waals surface area contributed by atoms with Crippen LogP contribution in [0.25, 0.3) is 10.9 Å². The maximum Gasteiger partial charge on any atom is 0.337 e. The minimum absolute atomic E-state index is 0.0527. The number of esters is 1. The summed E-state index contributed by atoms with van der Waals surface area (Å²) in [5.41, 5.74) is 3.91. The number of nitrogens with one attached hydrogen (secondary N) is 1. The number of aromatic nitrogens is 1. The van der Waals surface area contributed by atoms with E-state index in [4.69, 9.17) is 9.47 Å². The summed E-state index contributed by atoms with van der Waals surface area (Å²) in [7, 11) is 1.37. The molecule has 5 rings (SSSR count). The van der Waals surface area contributed by atoms with E-state index in [1.807, 2.05) is 13.0 Å². The third-order valence-electron chi connectivity index (χ3n) is 6.58. The van der Waals surface area contributed by atoms with Gasteiger partial charge in [-0.05, 0) is 25.0 Å². The van der Waals surface area contributed by atoms with Crippen molar-refractivity contribution < 1.29 is 19.4 Å². The van der Waals surface area contributed by atoms with Crippen LogP contribution in [-0.2, 0) is 20.7 Å². The summed E-state index contributed by atoms with van der Waals surface area (Å²) in [6.07, 6.45) is 1.69. The van der Waals surface area contributed by atoms with Crippen molar-refractivity contribution in [1.82, 2.24) is 9.88 Å². The molecule has 4 heterocycles. The zero-order chi connectivity index (χ0) is 18.7. The van der Waals surface area contributed by atoms with Crippen LogP contribution in [0.2, 0.25) is 0 Å². The molecule has 0 bridgehead atoms. The maximum atomic E-state index is 12.3. The van der Waals surface area contributed by atoms with Crippen LogP contribution in [0.1, 0.15) is 24.2 Å². The van der Waals surface area contributed by atoms with Crippen molar-refractivity contribution in [3.63, 3.8) is 0 Å². The van der Waals surface area contributed by atoms with Crippen molar-refractivity contribution in [2.24, 2.45) is 11.8 Å². The number of hydrogen-bond donors (Lipinski definition) is 2. The molecule has 1 saturated heterocycles. The Morgan fingerprint density at radius 3 is 3.00 bits per heavy atom. The highest BCUT2D eigenvalue weighted by molar-refractivity contribution is 5.89. The van der Waals surface area contributed by atoms with Gasteiger partial charge in [0.05, 0.1) is 37.2 Å². The Hall–Kier alpha value is -2.31. The molecule has 0 aliphatic carbocycles.